The predicted molar refractivity (Wildman–Crippen MR) is 101 cm³/mol. The van der Waals surface area contributed by atoms with Crippen LogP contribution in [0.15, 0.2) is 48.5 Å². The highest BCUT2D eigenvalue weighted by molar-refractivity contribution is 5.93. The molecule has 0 aliphatic carbocycles. The van der Waals surface area contributed by atoms with Crippen LogP contribution in [0, 0.1) is 0 Å². The molecule has 1 unspecified atom stereocenters. The third-order valence-electron chi connectivity index (χ3n) is 4.74. The summed E-state index contributed by atoms with van der Waals surface area (Å²) in [6, 6.07) is 15.2. The van der Waals surface area contributed by atoms with Gasteiger partial charge >= 0.3 is 5.97 Å². The van der Waals surface area contributed by atoms with Crippen LogP contribution >= 0.6 is 0 Å². The lowest BCUT2D eigenvalue weighted by Crippen LogP contribution is -2.34. The molecule has 1 heterocycles. The van der Waals surface area contributed by atoms with Gasteiger partial charge in [0.05, 0.1) is 12.2 Å². The van der Waals surface area contributed by atoms with E-state index in [4.69, 9.17) is 4.74 Å². The fourth-order valence-corrected chi connectivity index (χ4v) is 3.33. The second kappa shape index (κ2) is 8.15. The minimum absolute atomic E-state index is 0.0394. The lowest BCUT2D eigenvalue weighted by molar-refractivity contribution is -0.117. The number of esters is 1. The van der Waals surface area contributed by atoms with Crippen LogP contribution in [-0.4, -0.2) is 37.0 Å². The van der Waals surface area contributed by atoms with Gasteiger partial charge < -0.3 is 10.1 Å². The predicted octanol–water partition coefficient (Wildman–Crippen LogP) is 3.42. The molecule has 2 aromatic carbocycles. The molecule has 1 aliphatic heterocycles. The molecule has 26 heavy (non-hydrogen) atoms. The van der Waals surface area contributed by atoms with Crippen molar-refractivity contribution in [1.82, 2.24) is 4.90 Å². The maximum atomic E-state index is 12.5. The zero-order chi connectivity index (χ0) is 18.5. The molecular formula is C21H24N2O3. The average molecular weight is 352 g/mol. The highest BCUT2D eigenvalue weighted by Crippen LogP contribution is 2.31. The summed E-state index contributed by atoms with van der Waals surface area (Å²) in [6.45, 7) is 3.06. The average Bonchev–Trinajstić information content (AvgIpc) is 2.65. The Kier molecular flexibility index (Phi) is 5.68. The quantitative estimate of drug-likeness (QED) is 0.838. The molecule has 5 heteroatoms. The number of benzene rings is 2. The van der Waals surface area contributed by atoms with Gasteiger partial charge in [0.25, 0.3) is 0 Å². The van der Waals surface area contributed by atoms with E-state index in [-0.39, 0.29) is 17.9 Å². The summed E-state index contributed by atoms with van der Waals surface area (Å²) in [5, 5.41) is 2.92. The fraction of sp³-hybridized carbons (Fsp3) is 0.333. The maximum Gasteiger partial charge on any atom is 0.338 e. The van der Waals surface area contributed by atoms with E-state index in [1.807, 2.05) is 12.1 Å². The number of likely N-dealkylation sites (N-methyl/N-ethyl adjacent to an activating group) is 1. The molecule has 136 valence electrons. The number of nitrogens with one attached hydrogen (secondary N) is 1. The number of anilines is 1. The molecule has 1 aliphatic rings. The van der Waals surface area contributed by atoms with E-state index in [9.17, 15) is 9.59 Å². The van der Waals surface area contributed by atoms with Crippen molar-refractivity contribution in [3.8, 4) is 0 Å². The molecule has 5 nitrogen and oxygen atoms in total. The molecule has 0 spiro atoms. The third kappa shape index (κ3) is 4.11. The summed E-state index contributed by atoms with van der Waals surface area (Å²) in [5.74, 6) is -0.395. The Balaban J connectivity index is 1.65. The van der Waals surface area contributed by atoms with Crippen LogP contribution in [-0.2, 0) is 16.0 Å². The van der Waals surface area contributed by atoms with E-state index >= 15 is 0 Å². The first kappa shape index (κ1) is 18.1. The van der Waals surface area contributed by atoms with Gasteiger partial charge in [0.1, 0.15) is 0 Å². The first-order valence-corrected chi connectivity index (χ1v) is 8.93. The number of fused-ring (bicyclic) bond motifs is 1. The van der Waals surface area contributed by atoms with Gasteiger partial charge in [0, 0.05) is 24.7 Å². The van der Waals surface area contributed by atoms with Crippen LogP contribution in [0.2, 0.25) is 0 Å². The summed E-state index contributed by atoms with van der Waals surface area (Å²) in [5.41, 5.74) is 3.71. The van der Waals surface area contributed by atoms with Crippen LogP contribution < -0.4 is 5.32 Å². The molecule has 1 N–H and O–H groups in total. The Labute approximate surface area is 154 Å². The number of carbonyl (C=O) groups is 2. The van der Waals surface area contributed by atoms with E-state index in [0.29, 0.717) is 24.3 Å². The van der Waals surface area contributed by atoms with Crippen molar-refractivity contribution in [2.45, 2.75) is 25.8 Å². The number of nitrogens with zero attached hydrogens (tertiary/aromatic N) is 1. The van der Waals surface area contributed by atoms with Gasteiger partial charge in [-0.2, -0.15) is 0 Å². The Bertz CT molecular complexity index is 786. The fourth-order valence-electron chi connectivity index (χ4n) is 3.33. The number of rotatable bonds is 5. The monoisotopic (exact) mass is 352 g/mol. The van der Waals surface area contributed by atoms with Gasteiger partial charge in [-0.3, -0.25) is 9.69 Å². The smallest absolute Gasteiger partial charge is 0.338 e. The maximum absolute atomic E-state index is 12.5. The molecule has 0 saturated carbocycles. The van der Waals surface area contributed by atoms with E-state index in [1.54, 1.807) is 31.2 Å². The van der Waals surface area contributed by atoms with Crippen LogP contribution in [0.4, 0.5) is 5.69 Å². The van der Waals surface area contributed by atoms with Crippen molar-refractivity contribution in [1.29, 1.82) is 0 Å². The van der Waals surface area contributed by atoms with E-state index in [0.717, 1.165) is 13.0 Å². The molecule has 0 aromatic heterocycles. The van der Waals surface area contributed by atoms with Gasteiger partial charge in [-0.25, -0.2) is 4.79 Å². The highest BCUT2D eigenvalue weighted by atomic mass is 16.5. The number of ether oxygens (including phenoxy) is 1. The lowest BCUT2D eigenvalue weighted by Gasteiger charge is -2.34. The van der Waals surface area contributed by atoms with Gasteiger partial charge in [-0.15, -0.1) is 0 Å². The molecule has 0 fully saturated rings. The minimum Gasteiger partial charge on any atom is -0.462 e. The summed E-state index contributed by atoms with van der Waals surface area (Å²) in [7, 11) is 2.06. The van der Waals surface area contributed by atoms with E-state index in [1.165, 1.54) is 11.1 Å². The van der Waals surface area contributed by atoms with Crippen LogP contribution in [0.5, 0.6) is 0 Å². The Hall–Kier alpha value is -2.66. The Morgan fingerprint density at radius 1 is 1.15 bits per heavy atom. The lowest BCUT2D eigenvalue weighted by atomic mass is 9.91. The summed E-state index contributed by atoms with van der Waals surface area (Å²) < 4.78 is 4.96. The first-order valence-electron chi connectivity index (χ1n) is 8.93. The number of hydrogen-bond acceptors (Lipinski definition) is 4. The van der Waals surface area contributed by atoms with Crippen molar-refractivity contribution in [3.63, 3.8) is 0 Å². The standard InChI is InChI=1S/C21H24N2O3/c1-3-26-21(25)16-8-10-17(11-9-16)22-20(24)14-19-18-7-5-4-6-15(18)12-13-23(19)2/h4-11,19H,3,12-14H2,1-2H3,(H,22,24). The zero-order valence-corrected chi connectivity index (χ0v) is 15.2. The summed E-state index contributed by atoms with van der Waals surface area (Å²) in [4.78, 5) is 26.4. The van der Waals surface area contributed by atoms with Gasteiger partial charge in [0.15, 0.2) is 0 Å². The molecule has 2 aromatic rings. The minimum atomic E-state index is -0.356. The van der Waals surface area contributed by atoms with Crippen LogP contribution in [0.1, 0.15) is 40.9 Å². The van der Waals surface area contributed by atoms with Crippen LogP contribution in [0.25, 0.3) is 0 Å². The van der Waals surface area contributed by atoms with Gasteiger partial charge in [-0.1, -0.05) is 24.3 Å². The van der Waals surface area contributed by atoms with E-state index < -0.39 is 0 Å². The second-order valence-electron chi connectivity index (χ2n) is 6.50. The zero-order valence-electron chi connectivity index (χ0n) is 15.2. The highest BCUT2D eigenvalue weighted by Gasteiger charge is 2.26. The first-order chi connectivity index (χ1) is 12.6. The molecule has 3 rings (SSSR count). The summed E-state index contributed by atoms with van der Waals surface area (Å²) in [6.07, 6.45) is 1.41. The molecule has 1 amide bonds. The Morgan fingerprint density at radius 3 is 2.62 bits per heavy atom. The molecule has 1 atom stereocenters. The van der Waals surface area contributed by atoms with Gasteiger partial charge in [-0.05, 0) is 55.8 Å². The van der Waals surface area contributed by atoms with Crippen molar-refractivity contribution < 1.29 is 14.3 Å². The van der Waals surface area contributed by atoms with Crippen molar-refractivity contribution >= 4 is 17.6 Å². The molecule has 0 saturated heterocycles. The van der Waals surface area contributed by atoms with Gasteiger partial charge in [0.2, 0.25) is 5.91 Å². The largest absolute Gasteiger partial charge is 0.462 e. The molecule has 0 radical (unpaired) electrons. The number of hydrogen-bond donors (Lipinski definition) is 1. The summed E-state index contributed by atoms with van der Waals surface area (Å²) >= 11 is 0. The topological polar surface area (TPSA) is 58.6 Å². The van der Waals surface area contributed by atoms with Crippen molar-refractivity contribution in [2.24, 2.45) is 0 Å². The molecular weight excluding hydrogens is 328 g/mol. The van der Waals surface area contributed by atoms with Crippen molar-refractivity contribution in [3.05, 3.63) is 65.2 Å². The normalized spacial score (nSPS) is 16.6. The Morgan fingerprint density at radius 2 is 1.88 bits per heavy atom. The third-order valence-corrected chi connectivity index (χ3v) is 4.74. The van der Waals surface area contributed by atoms with Crippen molar-refractivity contribution in [2.75, 3.05) is 25.5 Å². The van der Waals surface area contributed by atoms with Crippen LogP contribution in [0.3, 0.4) is 0 Å². The molecule has 0 bridgehead atoms. The van der Waals surface area contributed by atoms with E-state index in [2.05, 4.69) is 29.4 Å². The second-order valence-corrected chi connectivity index (χ2v) is 6.50. The number of carbonyl (C=O) groups excluding carboxylic acids is 2. The SMILES string of the molecule is CCOC(=O)c1ccc(NC(=O)CC2c3ccccc3CCN2C)cc1. The number of amides is 1.